The summed E-state index contributed by atoms with van der Waals surface area (Å²) in [5.41, 5.74) is 1.92. The molecule has 1 aromatic rings. The molecule has 0 N–H and O–H groups in total. The number of ether oxygens (including phenoxy) is 1. The van der Waals surface area contributed by atoms with Crippen LogP contribution in [0.1, 0.15) is 43.2 Å². The number of nitrogens with zero attached hydrogens (tertiary/aromatic N) is 1. The van der Waals surface area contributed by atoms with E-state index in [4.69, 9.17) is 11.2 Å². The Morgan fingerprint density at radius 2 is 2.12 bits per heavy atom. The zero-order chi connectivity index (χ0) is 16.9. The minimum absolute atomic E-state index is 0.284. The maximum atomic E-state index is 12.3. The Labute approximate surface area is 144 Å². The summed E-state index contributed by atoms with van der Waals surface area (Å²) in [6.07, 6.45) is 13.4. The van der Waals surface area contributed by atoms with Crippen LogP contribution in [0.25, 0.3) is 0 Å². The van der Waals surface area contributed by atoms with Crippen LogP contribution in [0.2, 0.25) is 0 Å². The topological polar surface area (TPSA) is 29.5 Å². The second-order valence-electron chi connectivity index (χ2n) is 6.70. The van der Waals surface area contributed by atoms with Crippen LogP contribution < -0.4 is 4.74 Å². The molecule has 1 saturated carbocycles. The number of carbonyl (C=O) groups is 1. The van der Waals surface area contributed by atoms with Gasteiger partial charge in [-0.05, 0) is 62.3 Å². The Hall–Kier alpha value is -2.21. The zero-order valence-corrected chi connectivity index (χ0v) is 14.2. The number of benzene rings is 1. The molecule has 2 aliphatic heterocycles. The number of rotatable bonds is 7. The van der Waals surface area contributed by atoms with Crippen LogP contribution in [0.5, 0.6) is 5.75 Å². The van der Waals surface area contributed by atoms with E-state index >= 15 is 0 Å². The van der Waals surface area contributed by atoms with Gasteiger partial charge in [0.05, 0.1) is 6.61 Å². The Bertz CT molecular complexity index is 650. The molecule has 2 heterocycles. The third-order valence-corrected chi connectivity index (χ3v) is 5.16. The van der Waals surface area contributed by atoms with E-state index in [0.29, 0.717) is 18.6 Å². The fourth-order valence-corrected chi connectivity index (χ4v) is 3.88. The average Bonchev–Trinajstić information content (AvgIpc) is 2.62. The number of allylic oxidation sites excluding steroid dienone is 1. The van der Waals surface area contributed by atoms with Crippen LogP contribution in [0, 0.1) is 18.3 Å². The van der Waals surface area contributed by atoms with Gasteiger partial charge in [-0.3, -0.25) is 4.79 Å². The summed E-state index contributed by atoms with van der Waals surface area (Å²) < 4.78 is 5.94. The van der Waals surface area contributed by atoms with Crippen molar-refractivity contribution in [3.8, 4) is 18.1 Å². The quantitative estimate of drug-likeness (QED) is 0.436. The minimum Gasteiger partial charge on any atom is -0.493 e. The first-order valence-corrected chi connectivity index (χ1v) is 8.86. The molecule has 3 nitrogen and oxygen atoms in total. The first kappa shape index (κ1) is 16.6. The fourth-order valence-electron chi connectivity index (χ4n) is 3.88. The van der Waals surface area contributed by atoms with Crippen LogP contribution in [0.4, 0.5) is 0 Å². The minimum atomic E-state index is 0.284. The van der Waals surface area contributed by atoms with Gasteiger partial charge in [0.25, 0.3) is 0 Å². The van der Waals surface area contributed by atoms with Crippen molar-refractivity contribution >= 4 is 5.91 Å². The number of terminal acetylenes is 1. The largest absolute Gasteiger partial charge is 0.493 e. The van der Waals surface area contributed by atoms with Crippen LogP contribution in [0.15, 0.2) is 30.9 Å². The lowest BCUT2D eigenvalue weighted by Gasteiger charge is -2.44. The molecule has 3 heteroatoms. The second kappa shape index (κ2) is 7.57. The first-order chi connectivity index (χ1) is 11.7. The molecule has 0 spiro atoms. The first-order valence-electron chi connectivity index (χ1n) is 8.86. The Balaban J connectivity index is 1.52. The lowest BCUT2D eigenvalue weighted by Crippen LogP contribution is -2.52. The van der Waals surface area contributed by atoms with Crippen molar-refractivity contribution < 1.29 is 9.53 Å². The molecule has 2 saturated heterocycles. The lowest BCUT2D eigenvalue weighted by atomic mass is 9.79. The van der Waals surface area contributed by atoms with Gasteiger partial charge in [0, 0.05) is 24.1 Å². The van der Waals surface area contributed by atoms with Gasteiger partial charge in [-0.2, -0.15) is 0 Å². The second-order valence-corrected chi connectivity index (χ2v) is 6.70. The standard InChI is InChI=1S/C21H25NO2/c1-3-6-18-15-16(4-2)7-12-20(18)24-14-5-13-22-19-10-8-17(9-11-19)21(22)23/h2-3,7,12,15,17,19H,1,5-6,8-11,13-14H2. The predicted octanol–water partition coefficient (Wildman–Crippen LogP) is 3.57. The summed E-state index contributed by atoms with van der Waals surface area (Å²) >= 11 is 0. The van der Waals surface area contributed by atoms with E-state index in [0.717, 1.165) is 49.1 Å². The number of amides is 1. The van der Waals surface area contributed by atoms with Gasteiger partial charge in [-0.25, -0.2) is 0 Å². The van der Waals surface area contributed by atoms with Crippen LogP contribution in [-0.4, -0.2) is 30.0 Å². The number of hydrogen-bond acceptors (Lipinski definition) is 2. The fraction of sp³-hybridized carbons (Fsp3) is 0.476. The monoisotopic (exact) mass is 323 g/mol. The normalized spacial score (nSPS) is 22.3. The number of piperidine rings is 2. The van der Waals surface area contributed by atoms with E-state index in [1.54, 1.807) is 0 Å². The van der Waals surface area contributed by atoms with Crippen molar-refractivity contribution in [3.63, 3.8) is 0 Å². The van der Waals surface area contributed by atoms with E-state index < -0.39 is 0 Å². The maximum Gasteiger partial charge on any atom is 0.225 e. The van der Waals surface area contributed by atoms with E-state index in [9.17, 15) is 4.79 Å². The third kappa shape index (κ3) is 3.48. The highest BCUT2D eigenvalue weighted by Crippen LogP contribution is 2.35. The summed E-state index contributed by atoms with van der Waals surface area (Å²) in [6.45, 7) is 5.21. The Morgan fingerprint density at radius 3 is 2.79 bits per heavy atom. The van der Waals surface area contributed by atoms with Gasteiger partial charge in [-0.15, -0.1) is 13.0 Å². The molecule has 1 amide bonds. The van der Waals surface area contributed by atoms with Crippen LogP contribution in [-0.2, 0) is 11.2 Å². The highest BCUT2D eigenvalue weighted by atomic mass is 16.5. The highest BCUT2D eigenvalue weighted by molar-refractivity contribution is 5.80. The highest BCUT2D eigenvalue weighted by Gasteiger charge is 2.39. The number of fused-ring (bicyclic) bond motifs is 3. The maximum absolute atomic E-state index is 12.3. The lowest BCUT2D eigenvalue weighted by molar-refractivity contribution is -0.147. The Kier molecular flexibility index (Phi) is 5.25. The zero-order valence-electron chi connectivity index (χ0n) is 14.2. The predicted molar refractivity (Wildman–Crippen MR) is 95.8 cm³/mol. The Morgan fingerprint density at radius 1 is 1.33 bits per heavy atom. The van der Waals surface area contributed by atoms with Crippen LogP contribution in [0.3, 0.4) is 0 Å². The molecular weight excluding hydrogens is 298 g/mol. The molecule has 4 rings (SSSR count). The van der Waals surface area contributed by atoms with Gasteiger partial charge in [0.1, 0.15) is 5.75 Å². The molecule has 0 aromatic heterocycles. The van der Waals surface area contributed by atoms with Crippen molar-refractivity contribution in [2.24, 2.45) is 5.92 Å². The van der Waals surface area contributed by atoms with Gasteiger partial charge in [0.15, 0.2) is 0 Å². The molecule has 0 radical (unpaired) electrons. The van der Waals surface area contributed by atoms with Gasteiger partial charge < -0.3 is 9.64 Å². The van der Waals surface area contributed by atoms with Crippen LogP contribution >= 0.6 is 0 Å². The van der Waals surface area contributed by atoms with E-state index in [1.165, 1.54) is 12.8 Å². The van der Waals surface area contributed by atoms with Crippen molar-refractivity contribution in [1.82, 2.24) is 4.90 Å². The summed E-state index contributed by atoms with van der Waals surface area (Å²) in [5, 5.41) is 0. The molecule has 0 unspecified atom stereocenters. The van der Waals surface area contributed by atoms with Gasteiger partial charge in [0.2, 0.25) is 5.91 Å². The summed E-state index contributed by atoms with van der Waals surface area (Å²) in [7, 11) is 0. The smallest absolute Gasteiger partial charge is 0.225 e. The average molecular weight is 323 g/mol. The molecule has 1 aliphatic carbocycles. The molecule has 126 valence electrons. The summed E-state index contributed by atoms with van der Waals surface area (Å²) in [4.78, 5) is 14.4. The van der Waals surface area contributed by atoms with Gasteiger partial charge >= 0.3 is 0 Å². The van der Waals surface area contributed by atoms with E-state index in [1.807, 2.05) is 24.3 Å². The SMILES string of the molecule is C#Cc1ccc(OCCCN2C(=O)C3CCC2CC3)c(CC=C)c1. The summed E-state index contributed by atoms with van der Waals surface area (Å²) in [6, 6.07) is 6.27. The molecule has 3 aliphatic rings. The number of carbonyl (C=O) groups excluding carboxylic acids is 1. The van der Waals surface area contributed by atoms with Crippen molar-refractivity contribution in [3.05, 3.63) is 42.0 Å². The molecule has 3 fully saturated rings. The number of hydrogen-bond donors (Lipinski definition) is 0. The van der Waals surface area contributed by atoms with E-state index in [-0.39, 0.29) is 5.92 Å². The van der Waals surface area contributed by atoms with Crippen molar-refractivity contribution in [2.75, 3.05) is 13.2 Å². The van der Waals surface area contributed by atoms with E-state index in [2.05, 4.69) is 17.4 Å². The van der Waals surface area contributed by atoms with Crippen molar-refractivity contribution in [1.29, 1.82) is 0 Å². The molecule has 1 aromatic carbocycles. The van der Waals surface area contributed by atoms with Crippen molar-refractivity contribution in [2.45, 2.75) is 44.6 Å². The molecule has 24 heavy (non-hydrogen) atoms. The molecule has 2 bridgehead atoms. The van der Waals surface area contributed by atoms with Gasteiger partial charge in [-0.1, -0.05) is 12.0 Å². The third-order valence-electron chi connectivity index (χ3n) is 5.16. The molecular formula is C21H25NO2. The summed E-state index contributed by atoms with van der Waals surface area (Å²) in [5.74, 6) is 4.16. The molecule has 0 atom stereocenters.